The van der Waals surface area contributed by atoms with Crippen LogP contribution >= 0.6 is 0 Å². The minimum Gasteiger partial charge on any atom is -0.463 e. The van der Waals surface area contributed by atoms with Gasteiger partial charge in [-0.1, -0.05) is 51.9 Å². The molecule has 0 amide bonds. The fraction of sp³-hybridized carbons (Fsp3) is 0.960. The maximum atomic E-state index is 11.9. The molecule has 0 spiro atoms. The van der Waals surface area contributed by atoms with Crippen molar-refractivity contribution < 1.29 is 64.2 Å². The van der Waals surface area contributed by atoms with Crippen LogP contribution in [0.15, 0.2) is 0 Å². The molecule has 0 aromatic carbocycles. The molecule has 2 saturated heterocycles. The first-order valence-corrected chi connectivity index (χ1v) is 13.6. The lowest BCUT2D eigenvalue weighted by Crippen LogP contribution is -2.61. The first kappa shape index (κ1) is 33.2. The molecule has 2 heterocycles. The van der Waals surface area contributed by atoms with E-state index in [0.717, 1.165) is 19.3 Å². The average molecular weight is 555 g/mol. The Bertz CT molecular complexity index is 651. The summed E-state index contributed by atoms with van der Waals surface area (Å²) in [5.74, 6) is -0.356. The molecule has 2 aliphatic heterocycles. The fourth-order valence-corrected chi connectivity index (χ4v) is 4.38. The summed E-state index contributed by atoms with van der Waals surface area (Å²) in [6, 6.07) is 0. The van der Waals surface area contributed by atoms with E-state index in [-0.39, 0.29) is 19.2 Å². The first-order chi connectivity index (χ1) is 18.2. The molecule has 2 fully saturated rings. The van der Waals surface area contributed by atoms with Gasteiger partial charge in [0.15, 0.2) is 12.6 Å². The van der Waals surface area contributed by atoms with Crippen LogP contribution < -0.4 is 0 Å². The van der Waals surface area contributed by atoms with Crippen LogP contribution in [0.3, 0.4) is 0 Å². The van der Waals surface area contributed by atoms with E-state index in [1.807, 2.05) is 0 Å². The van der Waals surface area contributed by atoms with E-state index in [1.54, 1.807) is 0 Å². The standard InChI is InChI=1S/C25H46O13/c1-2-3-4-5-6-7-8-9-10-17(27)34-11-12-35-24-22(32)21(31)19(29)16(38-24)14-36-25-23(33)20(30)18(28)15(13-26)37-25/h15-16,18-26,28-33H,2-14H2,1H3/t15-,16+,18-,19-,20-,21-,22+,23+,24+,25-/m0/s1. The van der Waals surface area contributed by atoms with Gasteiger partial charge in [-0.15, -0.1) is 0 Å². The predicted octanol–water partition coefficient (Wildman–Crippen LogP) is -1.30. The fourth-order valence-electron chi connectivity index (χ4n) is 4.38. The van der Waals surface area contributed by atoms with Crippen molar-refractivity contribution in [3.63, 3.8) is 0 Å². The molecule has 0 radical (unpaired) electrons. The smallest absolute Gasteiger partial charge is 0.305 e. The second-order valence-electron chi connectivity index (χ2n) is 9.86. The van der Waals surface area contributed by atoms with Crippen molar-refractivity contribution in [3.05, 3.63) is 0 Å². The van der Waals surface area contributed by atoms with Gasteiger partial charge in [0.05, 0.1) is 19.8 Å². The van der Waals surface area contributed by atoms with E-state index in [1.165, 1.54) is 32.1 Å². The summed E-state index contributed by atoms with van der Waals surface area (Å²) < 4.78 is 26.6. The minimum atomic E-state index is -1.66. The normalized spacial score (nSPS) is 35.8. The summed E-state index contributed by atoms with van der Waals surface area (Å²) in [4.78, 5) is 11.9. The SMILES string of the molecule is CCCCCCCCCCC(=O)OCCO[C@@H]1O[C@H](CO[C@H]2O[C@@H](CO)[C@H](O)[C@H](O)[C@H]2O)[C@H](O)[C@H](O)[C@H]1O. The molecule has 0 aliphatic carbocycles. The van der Waals surface area contributed by atoms with Gasteiger partial charge in [-0.05, 0) is 6.42 Å². The van der Waals surface area contributed by atoms with Crippen molar-refractivity contribution in [3.8, 4) is 0 Å². The number of hydrogen-bond acceptors (Lipinski definition) is 13. The lowest BCUT2D eigenvalue weighted by atomic mass is 9.98. The van der Waals surface area contributed by atoms with Crippen molar-refractivity contribution in [2.45, 2.75) is 126 Å². The van der Waals surface area contributed by atoms with Crippen LogP contribution in [-0.4, -0.2) is 130 Å². The molecule has 13 heteroatoms. The van der Waals surface area contributed by atoms with E-state index < -0.39 is 74.6 Å². The number of ether oxygens (including phenoxy) is 5. The number of hydrogen-bond donors (Lipinski definition) is 7. The first-order valence-electron chi connectivity index (χ1n) is 13.6. The van der Waals surface area contributed by atoms with Gasteiger partial charge >= 0.3 is 5.97 Å². The number of carbonyl (C=O) groups excluding carboxylic acids is 1. The summed E-state index contributed by atoms with van der Waals surface area (Å²) in [6.07, 6.45) is -5.73. The topological polar surface area (TPSA) is 205 Å². The van der Waals surface area contributed by atoms with E-state index in [0.29, 0.717) is 6.42 Å². The van der Waals surface area contributed by atoms with Crippen LogP contribution in [0.4, 0.5) is 0 Å². The molecule has 10 atom stereocenters. The van der Waals surface area contributed by atoms with Crippen molar-refractivity contribution in [2.75, 3.05) is 26.4 Å². The van der Waals surface area contributed by atoms with Gasteiger partial charge in [0, 0.05) is 6.42 Å². The molecule has 2 rings (SSSR count). The Kier molecular flexibility index (Phi) is 15.5. The number of carbonyl (C=O) groups is 1. The largest absolute Gasteiger partial charge is 0.463 e. The molecular formula is C25H46O13. The van der Waals surface area contributed by atoms with Gasteiger partial charge in [-0.2, -0.15) is 0 Å². The van der Waals surface area contributed by atoms with Gasteiger partial charge in [0.1, 0.15) is 55.4 Å². The molecule has 0 saturated carbocycles. The van der Waals surface area contributed by atoms with Gasteiger partial charge < -0.3 is 59.4 Å². The quantitative estimate of drug-likeness (QED) is 0.0826. The van der Waals surface area contributed by atoms with Crippen LogP contribution in [0.5, 0.6) is 0 Å². The number of unbranched alkanes of at least 4 members (excludes halogenated alkanes) is 7. The molecule has 224 valence electrons. The third kappa shape index (κ3) is 10.2. The Labute approximate surface area is 223 Å². The van der Waals surface area contributed by atoms with E-state index in [9.17, 15) is 40.5 Å². The average Bonchev–Trinajstić information content (AvgIpc) is 2.91. The number of aliphatic hydroxyl groups is 7. The van der Waals surface area contributed by atoms with Crippen molar-refractivity contribution in [1.29, 1.82) is 0 Å². The highest BCUT2D eigenvalue weighted by Gasteiger charge is 2.47. The van der Waals surface area contributed by atoms with Gasteiger partial charge in [0.2, 0.25) is 0 Å². The zero-order valence-electron chi connectivity index (χ0n) is 22.0. The molecule has 2 aliphatic rings. The highest BCUT2D eigenvalue weighted by molar-refractivity contribution is 5.69. The summed E-state index contributed by atoms with van der Waals surface area (Å²) >= 11 is 0. The maximum absolute atomic E-state index is 11.9. The van der Waals surface area contributed by atoms with Crippen LogP contribution in [0.2, 0.25) is 0 Å². The second-order valence-corrected chi connectivity index (χ2v) is 9.86. The summed E-state index contributed by atoms with van der Waals surface area (Å²) in [5, 5.41) is 69.7. The number of rotatable bonds is 17. The Balaban J connectivity index is 1.69. The highest BCUT2D eigenvalue weighted by atomic mass is 16.7. The van der Waals surface area contributed by atoms with Gasteiger partial charge in [0.25, 0.3) is 0 Å². The monoisotopic (exact) mass is 554 g/mol. The molecule has 0 unspecified atom stereocenters. The summed E-state index contributed by atoms with van der Waals surface area (Å²) in [7, 11) is 0. The third-order valence-corrected chi connectivity index (χ3v) is 6.80. The predicted molar refractivity (Wildman–Crippen MR) is 131 cm³/mol. The minimum absolute atomic E-state index is 0.0902. The van der Waals surface area contributed by atoms with Crippen molar-refractivity contribution in [1.82, 2.24) is 0 Å². The third-order valence-electron chi connectivity index (χ3n) is 6.80. The van der Waals surface area contributed by atoms with Crippen LogP contribution in [0.25, 0.3) is 0 Å². The Morgan fingerprint density at radius 2 is 1.18 bits per heavy atom. The lowest BCUT2D eigenvalue weighted by Gasteiger charge is -2.42. The van der Waals surface area contributed by atoms with Gasteiger partial charge in [-0.25, -0.2) is 0 Å². The Hall–Kier alpha value is -0.970. The van der Waals surface area contributed by atoms with Crippen LogP contribution in [0, 0.1) is 0 Å². The molecule has 38 heavy (non-hydrogen) atoms. The van der Waals surface area contributed by atoms with E-state index in [2.05, 4.69) is 6.92 Å². The highest BCUT2D eigenvalue weighted by Crippen LogP contribution is 2.26. The second kappa shape index (κ2) is 17.7. The van der Waals surface area contributed by atoms with Gasteiger partial charge in [-0.3, -0.25) is 4.79 Å². The van der Waals surface area contributed by atoms with Crippen LogP contribution in [0.1, 0.15) is 64.7 Å². The number of aliphatic hydroxyl groups excluding tert-OH is 7. The Morgan fingerprint density at radius 1 is 0.658 bits per heavy atom. The van der Waals surface area contributed by atoms with E-state index >= 15 is 0 Å². The Morgan fingerprint density at radius 3 is 1.79 bits per heavy atom. The zero-order valence-corrected chi connectivity index (χ0v) is 22.0. The number of esters is 1. The molecule has 0 bridgehead atoms. The van der Waals surface area contributed by atoms with Crippen molar-refractivity contribution >= 4 is 5.97 Å². The maximum Gasteiger partial charge on any atom is 0.305 e. The summed E-state index contributed by atoms with van der Waals surface area (Å²) in [5.41, 5.74) is 0. The van der Waals surface area contributed by atoms with Crippen molar-refractivity contribution in [2.24, 2.45) is 0 Å². The van der Waals surface area contributed by atoms with Crippen LogP contribution in [-0.2, 0) is 28.5 Å². The van der Waals surface area contributed by atoms with E-state index in [4.69, 9.17) is 23.7 Å². The zero-order chi connectivity index (χ0) is 28.1. The molecule has 13 nitrogen and oxygen atoms in total. The lowest BCUT2D eigenvalue weighted by molar-refractivity contribution is -0.331. The molecular weight excluding hydrogens is 508 g/mol. The molecule has 7 N–H and O–H groups in total. The molecule has 0 aromatic heterocycles. The summed E-state index contributed by atoms with van der Waals surface area (Å²) in [6.45, 7) is 0.859. The molecule has 0 aromatic rings.